The van der Waals surface area contributed by atoms with E-state index >= 15 is 0 Å². The van der Waals surface area contributed by atoms with Crippen LogP contribution in [-0.2, 0) is 0 Å². The topological polar surface area (TPSA) is 42.2 Å². The Balaban J connectivity index is 2.06. The average molecular weight is 269 g/mol. The third-order valence-corrected chi connectivity index (χ3v) is 4.37. The van der Waals surface area contributed by atoms with E-state index < -0.39 is 0 Å². The van der Waals surface area contributed by atoms with Crippen LogP contribution < -0.4 is 10.6 Å². The van der Waals surface area contributed by atoms with Gasteiger partial charge in [0.15, 0.2) is 0 Å². The molecule has 0 bridgehead atoms. The molecule has 1 aromatic carbocycles. The van der Waals surface area contributed by atoms with Gasteiger partial charge in [-0.1, -0.05) is 6.92 Å². The van der Waals surface area contributed by atoms with E-state index in [1.54, 1.807) is 0 Å². The molecule has 0 spiro atoms. The van der Waals surface area contributed by atoms with Crippen molar-refractivity contribution in [2.75, 3.05) is 17.2 Å². The van der Waals surface area contributed by atoms with Crippen molar-refractivity contribution in [1.82, 2.24) is 4.98 Å². The molecule has 1 aliphatic heterocycles. The molecule has 1 unspecified atom stereocenters. The lowest BCUT2D eigenvalue weighted by Gasteiger charge is -2.37. The molecule has 1 atom stereocenters. The van der Waals surface area contributed by atoms with Crippen molar-refractivity contribution < 1.29 is 0 Å². The molecule has 1 fully saturated rings. The lowest BCUT2D eigenvalue weighted by Crippen LogP contribution is -2.40. The number of nitrogen functional groups attached to an aromatic ring is 1. The largest absolute Gasteiger partial charge is 0.399 e. The van der Waals surface area contributed by atoms with Gasteiger partial charge < -0.3 is 10.6 Å². The SMILES string of the molecule is CCC1CCCCN1c1nc2ccc(N)cc2cc1C. The van der Waals surface area contributed by atoms with Gasteiger partial charge in [-0.15, -0.1) is 0 Å². The summed E-state index contributed by atoms with van der Waals surface area (Å²) in [6.07, 6.45) is 5.11. The summed E-state index contributed by atoms with van der Waals surface area (Å²) in [4.78, 5) is 7.42. The zero-order chi connectivity index (χ0) is 14.1. The van der Waals surface area contributed by atoms with E-state index in [0.29, 0.717) is 6.04 Å². The van der Waals surface area contributed by atoms with Gasteiger partial charge in [0, 0.05) is 23.7 Å². The number of anilines is 2. The minimum atomic E-state index is 0.640. The maximum Gasteiger partial charge on any atom is 0.132 e. The predicted molar refractivity (Wildman–Crippen MR) is 86.2 cm³/mol. The Bertz CT molecular complexity index is 621. The summed E-state index contributed by atoms with van der Waals surface area (Å²) in [7, 11) is 0. The Morgan fingerprint density at radius 2 is 2.15 bits per heavy atom. The third-order valence-electron chi connectivity index (χ3n) is 4.37. The quantitative estimate of drug-likeness (QED) is 0.841. The van der Waals surface area contributed by atoms with E-state index in [-0.39, 0.29) is 0 Å². The maximum absolute atomic E-state index is 5.86. The number of hydrogen-bond donors (Lipinski definition) is 1. The lowest BCUT2D eigenvalue weighted by molar-refractivity contribution is 0.446. The molecule has 106 valence electrons. The van der Waals surface area contributed by atoms with Crippen LogP contribution in [0.2, 0.25) is 0 Å². The second-order valence-electron chi connectivity index (χ2n) is 5.83. The summed E-state index contributed by atoms with van der Waals surface area (Å²) in [6, 6.07) is 8.82. The number of piperidine rings is 1. The number of hydrogen-bond acceptors (Lipinski definition) is 3. The molecule has 3 nitrogen and oxygen atoms in total. The monoisotopic (exact) mass is 269 g/mol. The molecule has 0 saturated carbocycles. The van der Waals surface area contributed by atoms with E-state index in [9.17, 15) is 0 Å². The smallest absolute Gasteiger partial charge is 0.132 e. The molecule has 1 saturated heterocycles. The zero-order valence-electron chi connectivity index (χ0n) is 12.4. The van der Waals surface area contributed by atoms with Crippen molar-refractivity contribution in [2.24, 2.45) is 0 Å². The van der Waals surface area contributed by atoms with Gasteiger partial charge in [-0.2, -0.15) is 0 Å². The highest BCUT2D eigenvalue weighted by molar-refractivity contribution is 5.84. The first-order valence-electron chi connectivity index (χ1n) is 7.62. The second kappa shape index (κ2) is 5.31. The molecular formula is C17H23N3. The molecule has 1 aliphatic rings. The van der Waals surface area contributed by atoms with E-state index in [4.69, 9.17) is 10.7 Å². The molecule has 2 heterocycles. The first-order chi connectivity index (χ1) is 9.69. The van der Waals surface area contributed by atoms with Crippen LogP contribution in [0.3, 0.4) is 0 Å². The Hall–Kier alpha value is -1.77. The predicted octanol–water partition coefficient (Wildman–Crippen LogP) is 3.89. The highest BCUT2D eigenvalue weighted by Crippen LogP contribution is 2.30. The molecule has 1 aromatic heterocycles. The Morgan fingerprint density at radius 3 is 2.95 bits per heavy atom. The van der Waals surface area contributed by atoms with Crippen molar-refractivity contribution in [3.8, 4) is 0 Å². The number of rotatable bonds is 2. The molecule has 20 heavy (non-hydrogen) atoms. The fraction of sp³-hybridized carbons (Fsp3) is 0.471. The first-order valence-corrected chi connectivity index (χ1v) is 7.62. The summed E-state index contributed by atoms with van der Waals surface area (Å²) < 4.78 is 0. The standard InChI is InChI=1S/C17H23N3/c1-3-15-6-4-5-9-20(15)17-12(2)10-13-11-14(18)7-8-16(13)19-17/h7-8,10-11,15H,3-6,9,18H2,1-2H3. The molecule has 3 rings (SSSR count). The number of nitrogens with two attached hydrogens (primary N) is 1. The normalized spacial score (nSPS) is 19.5. The summed E-state index contributed by atoms with van der Waals surface area (Å²) in [5.74, 6) is 1.16. The van der Waals surface area contributed by atoms with Gasteiger partial charge in [0.1, 0.15) is 5.82 Å². The number of aryl methyl sites for hydroxylation is 1. The van der Waals surface area contributed by atoms with Gasteiger partial charge in [0.25, 0.3) is 0 Å². The second-order valence-corrected chi connectivity index (χ2v) is 5.83. The minimum absolute atomic E-state index is 0.640. The number of fused-ring (bicyclic) bond motifs is 1. The Morgan fingerprint density at radius 1 is 1.30 bits per heavy atom. The zero-order valence-corrected chi connectivity index (χ0v) is 12.4. The number of aromatic nitrogens is 1. The highest BCUT2D eigenvalue weighted by atomic mass is 15.2. The van der Waals surface area contributed by atoms with Gasteiger partial charge in [0.05, 0.1) is 5.52 Å². The van der Waals surface area contributed by atoms with Crippen molar-refractivity contribution in [2.45, 2.75) is 45.6 Å². The number of pyridine rings is 1. The molecular weight excluding hydrogens is 246 g/mol. The van der Waals surface area contributed by atoms with Gasteiger partial charge in [-0.3, -0.25) is 0 Å². The first kappa shape index (κ1) is 13.2. The highest BCUT2D eigenvalue weighted by Gasteiger charge is 2.23. The van der Waals surface area contributed by atoms with Crippen molar-refractivity contribution in [1.29, 1.82) is 0 Å². The summed E-state index contributed by atoms with van der Waals surface area (Å²) in [5.41, 5.74) is 8.96. The van der Waals surface area contributed by atoms with E-state index in [1.165, 1.54) is 31.2 Å². The molecule has 0 radical (unpaired) electrons. The average Bonchev–Trinajstić information content (AvgIpc) is 2.46. The number of nitrogens with zero attached hydrogens (tertiary/aromatic N) is 2. The van der Waals surface area contributed by atoms with Crippen molar-refractivity contribution in [3.05, 3.63) is 29.8 Å². The van der Waals surface area contributed by atoms with Crippen molar-refractivity contribution in [3.63, 3.8) is 0 Å². The van der Waals surface area contributed by atoms with Crippen LogP contribution in [0.4, 0.5) is 11.5 Å². The third kappa shape index (κ3) is 2.33. The Labute approximate surface area is 120 Å². The summed E-state index contributed by atoms with van der Waals surface area (Å²) >= 11 is 0. The molecule has 0 aliphatic carbocycles. The summed E-state index contributed by atoms with van der Waals surface area (Å²) in [5, 5.41) is 1.14. The van der Waals surface area contributed by atoms with Crippen LogP contribution in [-0.4, -0.2) is 17.6 Å². The fourth-order valence-electron chi connectivity index (χ4n) is 3.29. The van der Waals surface area contributed by atoms with Gasteiger partial charge >= 0.3 is 0 Å². The van der Waals surface area contributed by atoms with E-state index in [1.807, 2.05) is 18.2 Å². The molecule has 3 heteroatoms. The van der Waals surface area contributed by atoms with E-state index in [0.717, 1.165) is 29.0 Å². The van der Waals surface area contributed by atoms with Crippen LogP contribution in [0.1, 0.15) is 38.2 Å². The van der Waals surface area contributed by atoms with E-state index in [2.05, 4.69) is 24.8 Å². The minimum Gasteiger partial charge on any atom is -0.399 e. The Kier molecular flexibility index (Phi) is 3.51. The maximum atomic E-state index is 5.86. The van der Waals surface area contributed by atoms with Crippen molar-refractivity contribution >= 4 is 22.4 Å². The molecule has 0 amide bonds. The van der Waals surface area contributed by atoms with Crippen LogP contribution in [0.15, 0.2) is 24.3 Å². The number of benzene rings is 1. The fourth-order valence-corrected chi connectivity index (χ4v) is 3.29. The van der Waals surface area contributed by atoms with Gasteiger partial charge in [-0.05, 0) is 62.4 Å². The summed E-state index contributed by atoms with van der Waals surface area (Å²) in [6.45, 7) is 5.57. The lowest BCUT2D eigenvalue weighted by atomic mass is 9.99. The van der Waals surface area contributed by atoms with Crippen LogP contribution in [0.5, 0.6) is 0 Å². The van der Waals surface area contributed by atoms with Gasteiger partial charge in [-0.25, -0.2) is 4.98 Å². The van der Waals surface area contributed by atoms with Crippen LogP contribution in [0, 0.1) is 6.92 Å². The molecule has 2 aromatic rings. The molecule has 2 N–H and O–H groups in total. The van der Waals surface area contributed by atoms with Crippen LogP contribution >= 0.6 is 0 Å². The van der Waals surface area contributed by atoms with Gasteiger partial charge in [0.2, 0.25) is 0 Å². The van der Waals surface area contributed by atoms with Crippen LogP contribution in [0.25, 0.3) is 10.9 Å².